The van der Waals surface area contributed by atoms with Crippen molar-refractivity contribution in [3.8, 4) is 5.75 Å². The number of ether oxygens (including phenoxy) is 1. The van der Waals surface area contributed by atoms with E-state index in [0.29, 0.717) is 24.6 Å². The quantitative estimate of drug-likeness (QED) is 0.841. The molecule has 22 heavy (non-hydrogen) atoms. The Bertz CT molecular complexity index is 511. The molecule has 0 aromatic heterocycles. The number of rotatable bonds is 7. The number of carbonyl (C=O) groups is 2. The lowest BCUT2D eigenvalue weighted by atomic mass is 10.1. The van der Waals surface area contributed by atoms with Gasteiger partial charge in [-0.3, -0.25) is 9.59 Å². The first-order valence-corrected chi connectivity index (χ1v) is 7.86. The highest BCUT2D eigenvalue weighted by molar-refractivity contribution is 5.95. The van der Waals surface area contributed by atoms with Crippen LogP contribution in [0.5, 0.6) is 5.75 Å². The molecule has 1 aromatic carbocycles. The summed E-state index contributed by atoms with van der Waals surface area (Å²) in [6.45, 7) is 5.71. The van der Waals surface area contributed by atoms with E-state index in [1.807, 2.05) is 12.1 Å². The molecular formula is C17H24N2O3. The van der Waals surface area contributed by atoms with Gasteiger partial charge in [0.15, 0.2) is 6.61 Å². The van der Waals surface area contributed by atoms with Gasteiger partial charge < -0.3 is 15.0 Å². The van der Waals surface area contributed by atoms with Crippen LogP contribution in [0.4, 0.5) is 5.69 Å². The van der Waals surface area contributed by atoms with E-state index in [1.165, 1.54) is 0 Å². The summed E-state index contributed by atoms with van der Waals surface area (Å²) in [6.07, 6.45) is 2.49. The van der Waals surface area contributed by atoms with Crippen molar-refractivity contribution in [2.24, 2.45) is 5.92 Å². The second-order valence-electron chi connectivity index (χ2n) is 5.96. The zero-order valence-electron chi connectivity index (χ0n) is 13.3. The molecule has 0 atom stereocenters. The number of hydrogen-bond donors (Lipinski definition) is 1. The molecule has 5 nitrogen and oxygen atoms in total. The highest BCUT2D eigenvalue weighted by Crippen LogP contribution is 2.23. The van der Waals surface area contributed by atoms with Gasteiger partial charge in [0.1, 0.15) is 5.75 Å². The van der Waals surface area contributed by atoms with Crippen molar-refractivity contribution < 1.29 is 14.3 Å². The molecule has 0 saturated carbocycles. The number of amides is 2. The third-order valence-corrected chi connectivity index (χ3v) is 3.64. The van der Waals surface area contributed by atoms with Gasteiger partial charge in [0.25, 0.3) is 5.91 Å². The normalized spacial score (nSPS) is 14.5. The number of benzene rings is 1. The van der Waals surface area contributed by atoms with Crippen molar-refractivity contribution >= 4 is 17.5 Å². The van der Waals surface area contributed by atoms with Crippen LogP contribution < -0.4 is 15.0 Å². The Morgan fingerprint density at radius 1 is 1.32 bits per heavy atom. The fourth-order valence-corrected chi connectivity index (χ4v) is 2.34. The molecule has 1 N–H and O–H groups in total. The van der Waals surface area contributed by atoms with Gasteiger partial charge in [0.05, 0.1) is 0 Å². The van der Waals surface area contributed by atoms with E-state index in [2.05, 4.69) is 19.2 Å². The lowest BCUT2D eigenvalue weighted by Crippen LogP contribution is -2.30. The SMILES string of the molecule is CC(C)CCNC(=O)COc1ccc(N2CCCC2=O)cc1. The average Bonchev–Trinajstić information content (AvgIpc) is 2.91. The van der Waals surface area contributed by atoms with Crippen molar-refractivity contribution in [1.29, 1.82) is 0 Å². The summed E-state index contributed by atoms with van der Waals surface area (Å²) in [5, 5.41) is 2.83. The highest BCUT2D eigenvalue weighted by atomic mass is 16.5. The number of hydrogen-bond acceptors (Lipinski definition) is 3. The molecule has 1 saturated heterocycles. The van der Waals surface area contributed by atoms with Crippen molar-refractivity contribution in [3.05, 3.63) is 24.3 Å². The van der Waals surface area contributed by atoms with Gasteiger partial charge in [-0.25, -0.2) is 0 Å². The summed E-state index contributed by atoms with van der Waals surface area (Å²) < 4.78 is 5.45. The molecule has 2 amide bonds. The maximum absolute atomic E-state index is 11.7. The van der Waals surface area contributed by atoms with Crippen LogP contribution in [-0.2, 0) is 9.59 Å². The van der Waals surface area contributed by atoms with Crippen LogP contribution in [0.2, 0.25) is 0 Å². The van der Waals surface area contributed by atoms with Crippen LogP contribution in [-0.4, -0.2) is 31.5 Å². The largest absolute Gasteiger partial charge is 0.484 e. The molecule has 0 bridgehead atoms. The minimum Gasteiger partial charge on any atom is -0.484 e. The van der Waals surface area contributed by atoms with Crippen LogP contribution >= 0.6 is 0 Å². The minimum atomic E-state index is -0.112. The maximum atomic E-state index is 11.7. The molecule has 1 heterocycles. The molecule has 1 aromatic rings. The molecular weight excluding hydrogens is 280 g/mol. The summed E-state index contributed by atoms with van der Waals surface area (Å²) in [4.78, 5) is 25.1. The van der Waals surface area contributed by atoms with E-state index in [9.17, 15) is 9.59 Å². The zero-order valence-corrected chi connectivity index (χ0v) is 13.3. The summed E-state index contributed by atoms with van der Waals surface area (Å²) in [7, 11) is 0. The third-order valence-electron chi connectivity index (χ3n) is 3.64. The smallest absolute Gasteiger partial charge is 0.257 e. The Morgan fingerprint density at radius 3 is 2.64 bits per heavy atom. The predicted molar refractivity (Wildman–Crippen MR) is 86.0 cm³/mol. The summed E-state index contributed by atoms with van der Waals surface area (Å²) in [5.74, 6) is 1.26. The van der Waals surface area contributed by atoms with E-state index >= 15 is 0 Å². The molecule has 1 aliphatic rings. The van der Waals surface area contributed by atoms with Gasteiger partial charge >= 0.3 is 0 Å². The number of nitrogens with zero attached hydrogens (tertiary/aromatic N) is 1. The van der Waals surface area contributed by atoms with Crippen LogP contribution in [0.25, 0.3) is 0 Å². The number of nitrogens with one attached hydrogen (secondary N) is 1. The standard InChI is InChI=1S/C17H24N2O3/c1-13(2)9-10-18-16(20)12-22-15-7-5-14(6-8-15)19-11-3-4-17(19)21/h5-8,13H,3-4,9-12H2,1-2H3,(H,18,20). The van der Waals surface area contributed by atoms with Gasteiger partial charge in [-0.15, -0.1) is 0 Å². The summed E-state index contributed by atoms with van der Waals surface area (Å²) in [6, 6.07) is 7.30. The Balaban J connectivity index is 1.76. The fourth-order valence-electron chi connectivity index (χ4n) is 2.34. The molecule has 5 heteroatoms. The van der Waals surface area contributed by atoms with E-state index in [0.717, 1.165) is 25.1 Å². The molecule has 1 fully saturated rings. The first kappa shape index (κ1) is 16.3. The Morgan fingerprint density at radius 2 is 2.05 bits per heavy atom. The molecule has 0 aliphatic carbocycles. The number of anilines is 1. The van der Waals surface area contributed by atoms with Crippen LogP contribution in [0.15, 0.2) is 24.3 Å². The molecule has 2 rings (SSSR count). The Labute approximate surface area is 131 Å². The monoisotopic (exact) mass is 304 g/mol. The Hall–Kier alpha value is -2.04. The lowest BCUT2D eigenvalue weighted by molar-refractivity contribution is -0.123. The highest BCUT2D eigenvalue weighted by Gasteiger charge is 2.21. The second-order valence-corrected chi connectivity index (χ2v) is 5.96. The number of carbonyl (C=O) groups excluding carboxylic acids is 2. The van der Waals surface area contributed by atoms with Gasteiger partial charge in [-0.05, 0) is 43.0 Å². The van der Waals surface area contributed by atoms with E-state index in [-0.39, 0.29) is 18.4 Å². The van der Waals surface area contributed by atoms with Crippen molar-refractivity contribution in [1.82, 2.24) is 5.32 Å². The second kappa shape index (κ2) is 7.82. The third kappa shape index (κ3) is 4.76. The summed E-state index contributed by atoms with van der Waals surface area (Å²) >= 11 is 0. The first-order chi connectivity index (χ1) is 10.6. The first-order valence-electron chi connectivity index (χ1n) is 7.86. The minimum absolute atomic E-state index is 0.0140. The van der Waals surface area contributed by atoms with E-state index in [4.69, 9.17) is 4.74 Å². The van der Waals surface area contributed by atoms with Gasteiger partial charge in [0, 0.05) is 25.2 Å². The van der Waals surface area contributed by atoms with E-state index < -0.39 is 0 Å². The lowest BCUT2D eigenvalue weighted by Gasteiger charge is -2.16. The predicted octanol–water partition coefficient (Wildman–Crippen LogP) is 2.35. The van der Waals surface area contributed by atoms with Gasteiger partial charge in [0.2, 0.25) is 5.91 Å². The topological polar surface area (TPSA) is 58.6 Å². The zero-order chi connectivity index (χ0) is 15.9. The van der Waals surface area contributed by atoms with Crippen LogP contribution in [0.1, 0.15) is 33.1 Å². The molecule has 0 spiro atoms. The molecule has 0 unspecified atom stereocenters. The average molecular weight is 304 g/mol. The Kier molecular flexibility index (Phi) is 5.81. The van der Waals surface area contributed by atoms with Gasteiger partial charge in [-0.1, -0.05) is 13.8 Å². The summed E-state index contributed by atoms with van der Waals surface area (Å²) in [5.41, 5.74) is 0.885. The van der Waals surface area contributed by atoms with Crippen molar-refractivity contribution in [2.45, 2.75) is 33.1 Å². The van der Waals surface area contributed by atoms with Crippen molar-refractivity contribution in [2.75, 3.05) is 24.6 Å². The molecule has 0 radical (unpaired) electrons. The fraction of sp³-hybridized carbons (Fsp3) is 0.529. The molecule has 1 aliphatic heterocycles. The maximum Gasteiger partial charge on any atom is 0.257 e. The van der Waals surface area contributed by atoms with Crippen LogP contribution in [0, 0.1) is 5.92 Å². The van der Waals surface area contributed by atoms with Gasteiger partial charge in [-0.2, -0.15) is 0 Å². The molecule has 120 valence electrons. The van der Waals surface area contributed by atoms with E-state index in [1.54, 1.807) is 17.0 Å². The van der Waals surface area contributed by atoms with Crippen LogP contribution in [0.3, 0.4) is 0 Å². The van der Waals surface area contributed by atoms with Crippen molar-refractivity contribution in [3.63, 3.8) is 0 Å².